The average molecular weight is 420 g/mol. The van der Waals surface area contributed by atoms with Crippen LogP contribution in [-0.2, 0) is 6.54 Å². The van der Waals surface area contributed by atoms with Crippen LogP contribution in [0.1, 0.15) is 47.3 Å². The molecule has 2 aliphatic rings. The van der Waals surface area contributed by atoms with Gasteiger partial charge in [0.2, 0.25) is 0 Å². The Morgan fingerprint density at radius 2 is 2.00 bits per heavy atom. The van der Waals surface area contributed by atoms with Crippen LogP contribution in [0.15, 0.2) is 36.5 Å². The van der Waals surface area contributed by atoms with E-state index in [1.807, 2.05) is 19.1 Å². The second-order valence-corrected chi connectivity index (χ2v) is 8.62. The van der Waals surface area contributed by atoms with Crippen molar-refractivity contribution in [2.45, 2.75) is 56.9 Å². The van der Waals surface area contributed by atoms with E-state index in [9.17, 15) is 9.18 Å². The highest BCUT2D eigenvalue weighted by atomic mass is 35.5. The zero-order valence-electron chi connectivity index (χ0n) is 16.3. The zero-order chi connectivity index (χ0) is 20.6. The number of aromatic nitrogens is 1. The lowest BCUT2D eigenvalue weighted by Gasteiger charge is -2.42. The first-order valence-electron chi connectivity index (χ1n) is 9.93. The summed E-state index contributed by atoms with van der Waals surface area (Å²) < 4.78 is 29.0. The number of aryl methyl sites for hydroxylation is 1. The topological polar surface area (TPSA) is 45.2 Å². The fraction of sp³-hybridized carbons (Fsp3) is 0.455. The minimum atomic E-state index is -1.35. The van der Waals surface area contributed by atoms with E-state index in [4.69, 9.17) is 11.6 Å². The van der Waals surface area contributed by atoms with Gasteiger partial charge in [-0.2, -0.15) is 0 Å². The van der Waals surface area contributed by atoms with E-state index in [-0.39, 0.29) is 29.6 Å². The van der Waals surface area contributed by atoms with E-state index < -0.39 is 11.5 Å². The number of carbonyl (C=O) groups excluding carboxylic acids is 1. The summed E-state index contributed by atoms with van der Waals surface area (Å²) in [6.07, 6.45) is 3.98. The van der Waals surface area contributed by atoms with Crippen LogP contribution in [-0.4, -0.2) is 40.1 Å². The molecular formula is C22H24ClF2N3O. The first-order chi connectivity index (χ1) is 13.8. The van der Waals surface area contributed by atoms with Crippen LogP contribution >= 0.6 is 11.6 Å². The predicted molar refractivity (Wildman–Crippen MR) is 108 cm³/mol. The largest absolute Gasteiger partial charge is 0.332 e. The van der Waals surface area contributed by atoms with Gasteiger partial charge in [-0.15, -0.1) is 0 Å². The maximum atomic E-state index is 15.5. The molecule has 3 heterocycles. The Hall–Kier alpha value is -2.05. The highest BCUT2D eigenvalue weighted by Crippen LogP contribution is 2.43. The van der Waals surface area contributed by atoms with Crippen molar-refractivity contribution in [2.24, 2.45) is 0 Å². The molecule has 1 unspecified atom stereocenters. The number of pyridine rings is 1. The Morgan fingerprint density at radius 3 is 2.62 bits per heavy atom. The quantitative estimate of drug-likeness (QED) is 0.778. The first-order valence-corrected chi connectivity index (χ1v) is 10.3. The van der Waals surface area contributed by atoms with Crippen molar-refractivity contribution in [3.63, 3.8) is 0 Å². The molecule has 1 N–H and O–H groups in total. The standard InChI is InChI=1S/C22H24ClF2N3O/c1-14-2-4-16(27-11-14)12-26-13-22(25)9-17-5-6-18(10-22)28(17)21(29)15-3-7-20(24)19(23)8-15/h2-4,7-8,11,17-18,26H,5-6,9-10,12-13H2,1H3/t17-,18+,22?. The van der Waals surface area contributed by atoms with Gasteiger partial charge in [-0.1, -0.05) is 17.7 Å². The lowest BCUT2D eigenvalue weighted by molar-refractivity contribution is 0.0128. The molecule has 1 amide bonds. The van der Waals surface area contributed by atoms with Crippen LogP contribution in [0, 0.1) is 12.7 Å². The van der Waals surface area contributed by atoms with E-state index in [1.54, 1.807) is 11.1 Å². The molecule has 2 aromatic rings. The van der Waals surface area contributed by atoms with Gasteiger partial charge in [-0.3, -0.25) is 9.78 Å². The monoisotopic (exact) mass is 419 g/mol. The highest BCUT2D eigenvalue weighted by molar-refractivity contribution is 6.31. The molecule has 0 saturated carbocycles. The molecule has 0 radical (unpaired) electrons. The molecule has 0 spiro atoms. The Kier molecular flexibility index (Phi) is 5.58. The summed E-state index contributed by atoms with van der Waals surface area (Å²) in [6, 6.07) is 7.63. The lowest BCUT2D eigenvalue weighted by atomic mass is 9.87. The van der Waals surface area contributed by atoms with Crippen LogP contribution in [0.25, 0.3) is 0 Å². The summed E-state index contributed by atoms with van der Waals surface area (Å²) in [5.74, 6) is -0.750. The molecule has 2 fully saturated rings. The number of carbonyl (C=O) groups is 1. The summed E-state index contributed by atoms with van der Waals surface area (Å²) in [7, 11) is 0. The van der Waals surface area contributed by atoms with Crippen molar-refractivity contribution in [3.8, 4) is 0 Å². The number of amides is 1. The fourth-order valence-corrected chi connectivity index (χ4v) is 4.74. The Labute approximate surface area is 174 Å². The number of hydrogen-bond acceptors (Lipinski definition) is 3. The summed E-state index contributed by atoms with van der Waals surface area (Å²) in [5.41, 5.74) is 0.964. The third-order valence-electron chi connectivity index (χ3n) is 5.94. The molecule has 4 nitrogen and oxygen atoms in total. The molecule has 1 aromatic heterocycles. The number of rotatable bonds is 5. The van der Waals surface area contributed by atoms with Gasteiger partial charge in [0.1, 0.15) is 11.5 Å². The van der Waals surface area contributed by atoms with Crippen molar-refractivity contribution in [3.05, 3.63) is 64.2 Å². The minimum absolute atomic E-state index is 0.0750. The van der Waals surface area contributed by atoms with Crippen molar-refractivity contribution < 1.29 is 13.6 Å². The number of piperidine rings is 1. The predicted octanol–water partition coefficient (Wildman–Crippen LogP) is 4.45. The van der Waals surface area contributed by atoms with Crippen LogP contribution in [0.2, 0.25) is 5.02 Å². The van der Waals surface area contributed by atoms with Crippen LogP contribution in [0.3, 0.4) is 0 Å². The molecule has 2 bridgehead atoms. The van der Waals surface area contributed by atoms with E-state index in [0.29, 0.717) is 24.9 Å². The summed E-state index contributed by atoms with van der Waals surface area (Å²) in [5, 5.41) is 3.11. The molecule has 0 aliphatic carbocycles. The SMILES string of the molecule is Cc1ccc(CNCC2(F)C[C@H]3CC[C@@H](C2)N3C(=O)c2ccc(F)c(Cl)c2)nc1. The van der Waals surface area contributed by atoms with Gasteiger partial charge in [0, 0.05) is 49.8 Å². The van der Waals surface area contributed by atoms with E-state index in [0.717, 1.165) is 24.1 Å². The normalized spacial score (nSPS) is 26.0. The molecule has 2 aliphatic heterocycles. The number of alkyl halides is 1. The van der Waals surface area contributed by atoms with Crippen molar-refractivity contribution in [2.75, 3.05) is 6.54 Å². The number of halogens is 3. The molecule has 7 heteroatoms. The van der Waals surface area contributed by atoms with Gasteiger partial charge in [0.15, 0.2) is 0 Å². The van der Waals surface area contributed by atoms with Gasteiger partial charge in [-0.25, -0.2) is 8.78 Å². The molecule has 4 rings (SSSR count). The van der Waals surface area contributed by atoms with Crippen LogP contribution in [0.4, 0.5) is 8.78 Å². The van der Waals surface area contributed by atoms with Gasteiger partial charge >= 0.3 is 0 Å². The van der Waals surface area contributed by atoms with Gasteiger partial charge in [0.25, 0.3) is 5.91 Å². The maximum absolute atomic E-state index is 15.5. The number of nitrogens with zero attached hydrogens (tertiary/aromatic N) is 2. The summed E-state index contributed by atoms with van der Waals surface area (Å²) in [4.78, 5) is 19.1. The molecule has 1 aromatic carbocycles. The van der Waals surface area contributed by atoms with Crippen molar-refractivity contribution in [1.82, 2.24) is 15.2 Å². The van der Waals surface area contributed by atoms with Crippen molar-refractivity contribution >= 4 is 17.5 Å². The Bertz CT molecular complexity index is 891. The second-order valence-electron chi connectivity index (χ2n) is 8.22. The van der Waals surface area contributed by atoms with Crippen LogP contribution in [0.5, 0.6) is 0 Å². The van der Waals surface area contributed by atoms with E-state index in [2.05, 4.69) is 10.3 Å². The number of hydrogen-bond donors (Lipinski definition) is 1. The average Bonchev–Trinajstić information content (AvgIpc) is 2.97. The number of nitrogens with one attached hydrogen (secondary N) is 1. The number of benzene rings is 1. The Balaban J connectivity index is 1.39. The zero-order valence-corrected chi connectivity index (χ0v) is 17.1. The molecule has 29 heavy (non-hydrogen) atoms. The maximum Gasteiger partial charge on any atom is 0.254 e. The minimum Gasteiger partial charge on any atom is -0.332 e. The second kappa shape index (κ2) is 8.00. The van der Waals surface area contributed by atoms with Gasteiger partial charge in [-0.05, 0) is 49.6 Å². The van der Waals surface area contributed by atoms with Crippen molar-refractivity contribution in [1.29, 1.82) is 0 Å². The molecular weight excluding hydrogens is 396 g/mol. The highest BCUT2D eigenvalue weighted by Gasteiger charge is 2.50. The van der Waals surface area contributed by atoms with Crippen LogP contribution < -0.4 is 5.32 Å². The lowest BCUT2D eigenvalue weighted by Crippen LogP contribution is -2.54. The Morgan fingerprint density at radius 1 is 1.28 bits per heavy atom. The van der Waals surface area contributed by atoms with E-state index >= 15 is 4.39 Å². The van der Waals surface area contributed by atoms with Gasteiger partial charge in [0.05, 0.1) is 10.7 Å². The smallest absolute Gasteiger partial charge is 0.254 e. The third kappa shape index (κ3) is 4.28. The molecule has 2 saturated heterocycles. The summed E-state index contributed by atoms with van der Waals surface area (Å²) in [6.45, 7) is 2.73. The van der Waals surface area contributed by atoms with E-state index in [1.165, 1.54) is 18.2 Å². The molecule has 154 valence electrons. The first kappa shape index (κ1) is 20.2. The molecule has 3 atom stereocenters. The fourth-order valence-electron chi connectivity index (χ4n) is 4.56. The summed E-state index contributed by atoms with van der Waals surface area (Å²) >= 11 is 5.83. The number of fused-ring (bicyclic) bond motifs is 2. The van der Waals surface area contributed by atoms with Gasteiger partial charge < -0.3 is 10.2 Å². The third-order valence-corrected chi connectivity index (χ3v) is 6.23.